The first-order valence-corrected chi connectivity index (χ1v) is 10.2. The van der Waals surface area contributed by atoms with Crippen molar-refractivity contribution in [1.82, 2.24) is 4.98 Å². The first-order chi connectivity index (χ1) is 15.4. The molecule has 4 rings (SSSR count). The highest BCUT2D eigenvalue weighted by Gasteiger charge is 2.20. The van der Waals surface area contributed by atoms with E-state index in [2.05, 4.69) is 16.0 Å². The highest BCUT2D eigenvalue weighted by molar-refractivity contribution is 6.05. The number of rotatable bonds is 6. The minimum Gasteiger partial charge on any atom is -0.354 e. The number of anilines is 1. The van der Waals surface area contributed by atoms with E-state index in [4.69, 9.17) is 0 Å². The Morgan fingerprint density at radius 1 is 0.969 bits per heavy atom. The minimum atomic E-state index is -0.467. The number of carbonyl (C=O) groups excluding carboxylic acids is 1. The number of aromatic amines is 1. The number of para-hydroxylation sites is 1. The Balaban J connectivity index is 1.65. The monoisotopic (exact) mass is 434 g/mol. The lowest BCUT2D eigenvalue weighted by molar-refractivity contribution is -0.417. The molecule has 5 nitrogen and oxygen atoms in total. The molecule has 0 aliphatic heterocycles. The van der Waals surface area contributed by atoms with E-state index in [1.54, 1.807) is 42.5 Å². The van der Waals surface area contributed by atoms with Crippen LogP contribution in [0.25, 0.3) is 22.0 Å². The van der Waals surface area contributed by atoms with E-state index in [0.29, 0.717) is 34.0 Å². The third kappa shape index (κ3) is 4.58. The maximum absolute atomic E-state index is 13.9. The van der Waals surface area contributed by atoms with Gasteiger partial charge in [-0.1, -0.05) is 48.5 Å². The lowest BCUT2D eigenvalue weighted by atomic mass is 9.99. The Morgan fingerprint density at radius 3 is 2.41 bits per heavy atom. The molecule has 5 N–H and O–H groups in total. The summed E-state index contributed by atoms with van der Waals surface area (Å²) >= 11 is 0. The highest BCUT2D eigenvalue weighted by atomic mass is 19.1. The normalized spacial score (nSPS) is 12.0. The zero-order valence-electron chi connectivity index (χ0n) is 17.2. The molecule has 0 saturated carbocycles. The molecule has 3 aromatic carbocycles. The predicted octanol–water partition coefficient (Wildman–Crippen LogP) is 3.66. The van der Waals surface area contributed by atoms with Gasteiger partial charge in [0.15, 0.2) is 0 Å². The number of carbonyl (C=O) groups is 1. The molecule has 1 amide bonds. The number of H-pyrrole nitrogens is 1. The second-order valence-corrected chi connectivity index (χ2v) is 7.67. The van der Waals surface area contributed by atoms with Crippen molar-refractivity contribution in [1.29, 1.82) is 0 Å². The lowest BCUT2D eigenvalue weighted by Crippen LogP contribution is -2.63. The van der Waals surface area contributed by atoms with Crippen molar-refractivity contribution < 1.29 is 19.3 Å². The molecule has 1 aromatic heterocycles. The Bertz CT molecular complexity index is 1330. The molecule has 0 bridgehead atoms. The maximum atomic E-state index is 13.9. The zero-order chi connectivity index (χ0) is 22.7. The Labute approximate surface area is 182 Å². The molecule has 32 heavy (non-hydrogen) atoms. The summed E-state index contributed by atoms with van der Waals surface area (Å²) in [7, 11) is 0. The SMILES string of the molecule is [NH3+][C@@H](CC(=O)Nc1c(-c2ccc(F)cc2)c2ccccc2[nH]c1=O)Cc1ccccc1F. The number of fused-ring (bicyclic) bond motifs is 1. The number of halogens is 2. The van der Waals surface area contributed by atoms with Gasteiger partial charge in [0.25, 0.3) is 5.56 Å². The fraction of sp³-hybridized carbons (Fsp3) is 0.120. The predicted molar refractivity (Wildman–Crippen MR) is 120 cm³/mol. The Hall–Kier alpha value is -3.84. The van der Waals surface area contributed by atoms with Crippen molar-refractivity contribution in [3.8, 4) is 11.1 Å². The molecular weight excluding hydrogens is 412 g/mol. The number of quaternary nitrogens is 1. The Morgan fingerprint density at radius 2 is 1.66 bits per heavy atom. The van der Waals surface area contributed by atoms with Crippen LogP contribution in [0.1, 0.15) is 12.0 Å². The third-order valence-corrected chi connectivity index (χ3v) is 5.26. The van der Waals surface area contributed by atoms with Gasteiger partial charge in [-0.25, -0.2) is 8.78 Å². The topological polar surface area (TPSA) is 89.6 Å². The zero-order valence-corrected chi connectivity index (χ0v) is 17.2. The average molecular weight is 434 g/mol. The fourth-order valence-electron chi connectivity index (χ4n) is 3.78. The van der Waals surface area contributed by atoms with Crippen LogP contribution in [0.4, 0.5) is 14.5 Å². The molecule has 0 aliphatic carbocycles. The smallest absolute Gasteiger partial charge is 0.272 e. The maximum Gasteiger partial charge on any atom is 0.272 e. The van der Waals surface area contributed by atoms with E-state index >= 15 is 0 Å². The summed E-state index contributed by atoms with van der Waals surface area (Å²) in [5.74, 6) is -1.15. The summed E-state index contributed by atoms with van der Waals surface area (Å²) in [4.78, 5) is 28.4. The van der Waals surface area contributed by atoms with Gasteiger partial charge in [0.05, 0.1) is 12.5 Å². The van der Waals surface area contributed by atoms with Gasteiger partial charge in [0.2, 0.25) is 5.91 Å². The second kappa shape index (κ2) is 9.11. The van der Waals surface area contributed by atoms with Crippen LogP contribution in [-0.4, -0.2) is 16.9 Å². The van der Waals surface area contributed by atoms with Crippen LogP contribution in [0.2, 0.25) is 0 Å². The molecule has 0 saturated heterocycles. The first-order valence-electron chi connectivity index (χ1n) is 10.2. The standard InChI is InChI=1S/C25H21F2N3O2/c26-17-11-9-15(10-12-17)23-19-6-2-4-8-21(19)29-25(32)24(23)30-22(31)14-18(28)13-16-5-1-3-7-20(16)27/h1-12,18H,13-14,28H2,(H,29,32)(H,30,31)/p+1/t18-/m1/s1. The van der Waals surface area contributed by atoms with Crippen molar-refractivity contribution in [3.63, 3.8) is 0 Å². The van der Waals surface area contributed by atoms with E-state index in [-0.39, 0.29) is 24.0 Å². The van der Waals surface area contributed by atoms with Crippen molar-refractivity contribution in [2.24, 2.45) is 0 Å². The van der Waals surface area contributed by atoms with Crippen LogP contribution in [0, 0.1) is 11.6 Å². The van der Waals surface area contributed by atoms with E-state index in [9.17, 15) is 18.4 Å². The van der Waals surface area contributed by atoms with E-state index in [0.717, 1.165) is 0 Å². The molecule has 0 spiro atoms. The fourth-order valence-corrected chi connectivity index (χ4v) is 3.78. The Kier molecular flexibility index (Phi) is 6.09. The van der Waals surface area contributed by atoms with Crippen LogP contribution in [-0.2, 0) is 11.2 Å². The number of hydrogen-bond acceptors (Lipinski definition) is 2. The summed E-state index contributed by atoms with van der Waals surface area (Å²) in [6.07, 6.45) is 0.294. The van der Waals surface area contributed by atoms with Crippen LogP contribution in [0.15, 0.2) is 77.6 Å². The van der Waals surface area contributed by atoms with Crippen LogP contribution >= 0.6 is 0 Å². The van der Waals surface area contributed by atoms with E-state index in [1.165, 1.54) is 18.2 Å². The highest BCUT2D eigenvalue weighted by Crippen LogP contribution is 2.32. The van der Waals surface area contributed by atoms with Gasteiger partial charge in [-0.2, -0.15) is 0 Å². The van der Waals surface area contributed by atoms with Gasteiger partial charge in [0, 0.05) is 22.9 Å². The molecule has 0 fully saturated rings. The van der Waals surface area contributed by atoms with Gasteiger partial charge < -0.3 is 16.0 Å². The molecule has 1 heterocycles. The number of amides is 1. The summed E-state index contributed by atoms with van der Waals surface area (Å²) in [6.45, 7) is 0. The van der Waals surface area contributed by atoms with Crippen molar-refractivity contribution >= 4 is 22.5 Å². The van der Waals surface area contributed by atoms with Gasteiger partial charge in [0.1, 0.15) is 17.3 Å². The van der Waals surface area contributed by atoms with E-state index < -0.39 is 17.3 Å². The average Bonchev–Trinajstić information content (AvgIpc) is 2.76. The third-order valence-electron chi connectivity index (χ3n) is 5.26. The molecule has 0 unspecified atom stereocenters. The number of pyridine rings is 1. The quantitative estimate of drug-likeness (QED) is 0.432. The van der Waals surface area contributed by atoms with Gasteiger partial charge in [-0.15, -0.1) is 0 Å². The molecule has 0 radical (unpaired) electrons. The molecule has 1 atom stereocenters. The molecule has 162 valence electrons. The molecule has 0 aliphatic rings. The van der Waals surface area contributed by atoms with E-state index in [1.807, 2.05) is 12.1 Å². The summed E-state index contributed by atoms with van der Waals surface area (Å²) < 4.78 is 27.4. The van der Waals surface area contributed by atoms with Crippen LogP contribution in [0.5, 0.6) is 0 Å². The number of hydrogen-bond donors (Lipinski definition) is 3. The van der Waals surface area contributed by atoms with Crippen molar-refractivity contribution in [3.05, 3.63) is 100 Å². The van der Waals surface area contributed by atoms with Crippen molar-refractivity contribution in [2.45, 2.75) is 18.9 Å². The summed E-state index contributed by atoms with van der Waals surface area (Å²) in [6, 6.07) is 18.9. The molecule has 7 heteroatoms. The summed E-state index contributed by atoms with van der Waals surface area (Å²) in [5.41, 5.74) is 5.77. The minimum absolute atomic E-state index is 0.00343. The largest absolute Gasteiger partial charge is 0.354 e. The number of benzene rings is 3. The lowest BCUT2D eigenvalue weighted by Gasteiger charge is -2.15. The second-order valence-electron chi connectivity index (χ2n) is 7.67. The van der Waals surface area contributed by atoms with Gasteiger partial charge >= 0.3 is 0 Å². The molecular formula is C25H22F2N3O2+. The van der Waals surface area contributed by atoms with Gasteiger partial charge in [-0.3, -0.25) is 9.59 Å². The first kappa shape index (κ1) is 21.4. The van der Waals surface area contributed by atoms with Gasteiger partial charge in [-0.05, 0) is 35.4 Å². The van der Waals surface area contributed by atoms with Crippen molar-refractivity contribution in [2.75, 3.05) is 5.32 Å². The number of nitrogens with one attached hydrogen (secondary N) is 2. The number of aromatic nitrogens is 1. The van der Waals surface area contributed by atoms with Crippen LogP contribution in [0.3, 0.4) is 0 Å². The molecule has 4 aromatic rings. The summed E-state index contributed by atoms with van der Waals surface area (Å²) in [5, 5.41) is 3.42. The van der Waals surface area contributed by atoms with Crippen LogP contribution < -0.4 is 16.6 Å².